The number of allylic oxidation sites excluding steroid dienone is 1. The van der Waals surface area contributed by atoms with Crippen molar-refractivity contribution in [3.05, 3.63) is 12.2 Å². The highest BCUT2D eigenvalue weighted by molar-refractivity contribution is 4.89. The standard InChI is InChI=1S/C13H25N3/c1(4-13-5-3-6-15-12-13)2-9-16-10-7-14-8-11-16/h1-2,13-15H,3-12H2/b2-1-. The van der Waals surface area contributed by atoms with Crippen LogP contribution in [0.2, 0.25) is 0 Å². The Bertz CT molecular complexity index is 181. The lowest BCUT2D eigenvalue weighted by atomic mass is 9.96. The Morgan fingerprint density at radius 2 is 1.94 bits per heavy atom. The first kappa shape index (κ1) is 12.1. The molecular weight excluding hydrogens is 198 g/mol. The molecule has 1 unspecified atom stereocenters. The second-order valence-electron chi connectivity index (χ2n) is 4.97. The van der Waals surface area contributed by atoms with Gasteiger partial charge in [-0.05, 0) is 38.3 Å². The van der Waals surface area contributed by atoms with Crippen molar-refractivity contribution in [2.75, 3.05) is 45.8 Å². The van der Waals surface area contributed by atoms with Gasteiger partial charge in [-0.25, -0.2) is 0 Å². The van der Waals surface area contributed by atoms with Crippen LogP contribution in [-0.4, -0.2) is 50.7 Å². The molecule has 2 saturated heterocycles. The van der Waals surface area contributed by atoms with E-state index in [2.05, 4.69) is 27.7 Å². The van der Waals surface area contributed by atoms with Gasteiger partial charge in [0.2, 0.25) is 0 Å². The van der Waals surface area contributed by atoms with E-state index in [1.807, 2.05) is 0 Å². The molecule has 0 aliphatic carbocycles. The van der Waals surface area contributed by atoms with Gasteiger partial charge in [-0.15, -0.1) is 0 Å². The highest BCUT2D eigenvalue weighted by Crippen LogP contribution is 2.14. The molecular formula is C13H25N3. The van der Waals surface area contributed by atoms with Crippen LogP contribution in [0.5, 0.6) is 0 Å². The second kappa shape index (κ2) is 7.05. The van der Waals surface area contributed by atoms with E-state index >= 15 is 0 Å². The maximum Gasteiger partial charge on any atom is 0.0164 e. The molecule has 0 saturated carbocycles. The monoisotopic (exact) mass is 223 g/mol. The van der Waals surface area contributed by atoms with Gasteiger partial charge < -0.3 is 10.6 Å². The molecule has 0 aromatic carbocycles. The van der Waals surface area contributed by atoms with Crippen LogP contribution in [0.4, 0.5) is 0 Å². The van der Waals surface area contributed by atoms with E-state index in [4.69, 9.17) is 0 Å². The largest absolute Gasteiger partial charge is 0.316 e. The van der Waals surface area contributed by atoms with E-state index in [-0.39, 0.29) is 0 Å². The molecule has 2 N–H and O–H groups in total. The molecule has 0 aromatic rings. The fraction of sp³-hybridized carbons (Fsp3) is 0.846. The third-order valence-corrected chi connectivity index (χ3v) is 3.61. The number of hydrogen-bond acceptors (Lipinski definition) is 3. The van der Waals surface area contributed by atoms with Crippen molar-refractivity contribution in [2.45, 2.75) is 19.3 Å². The minimum absolute atomic E-state index is 0.882. The smallest absolute Gasteiger partial charge is 0.0164 e. The quantitative estimate of drug-likeness (QED) is 0.692. The van der Waals surface area contributed by atoms with Crippen molar-refractivity contribution in [1.29, 1.82) is 0 Å². The lowest BCUT2D eigenvalue weighted by molar-refractivity contribution is 0.264. The van der Waals surface area contributed by atoms with Gasteiger partial charge in [0.15, 0.2) is 0 Å². The first-order valence-corrected chi connectivity index (χ1v) is 6.74. The van der Waals surface area contributed by atoms with Gasteiger partial charge in [0.25, 0.3) is 0 Å². The lowest BCUT2D eigenvalue weighted by Gasteiger charge is -2.26. The summed E-state index contributed by atoms with van der Waals surface area (Å²) in [6, 6.07) is 0. The molecule has 0 aromatic heterocycles. The molecule has 2 fully saturated rings. The first-order valence-electron chi connectivity index (χ1n) is 6.74. The van der Waals surface area contributed by atoms with Gasteiger partial charge >= 0.3 is 0 Å². The van der Waals surface area contributed by atoms with Crippen molar-refractivity contribution >= 4 is 0 Å². The normalized spacial score (nSPS) is 28.6. The summed E-state index contributed by atoms with van der Waals surface area (Å²) >= 11 is 0. The number of piperidine rings is 1. The molecule has 16 heavy (non-hydrogen) atoms. The Kier molecular flexibility index (Phi) is 5.32. The summed E-state index contributed by atoms with van der Waals surface area (Å²) in [6.07, 6.45) is 8.78. The summed E-state index contributed by atoms with van der Waals surface area (Å²) in [5, 5.41) is 6.86. The zero-order valence-electron chi connectivity index (χ0n) is 10.3. The number of nitrogens with one attached hydrogen (secondary N) is 2. The van der Waals surface area contributed by atoms with Crippen molar-refractivity contribution in [3.63, 3.8) is 0 Å². The van der Waals surface area contributed by atoms with Crippen LogP contribution in [0.25, 0.3) is 0 Å². The molecule has 3 nitrogen and oxygen atoms in total. The Morgan fingerprint density at radius 1 is 1.06 bits per heavy atom. The number of piperazine rings is 1. The van der Waals surface area contributed by atoms with Crippen LogP contribution in [0.3, 0.4) is 0 Å². The van der Waals surface area contributed by atoms with Gasteiger partial charge in [-0.2, -0.15) is 0 Å². The van der Waals surface area contributed by atoms with Crippen molar-refractivity contribution in [1.82, 2.24) is 15.5 Å². The summed E-state index contributed by atoms with van der Waals surface area (Å²) in [5.41, 5.74) is 0. The SMILES string of the molecule is C(=C/CN1CCNCC1)/CC1CCCNC1. The fourth-order valence-electron chi connectivity index (χ4n) is 2.53. The molecule has 0 spiro atoms. The molecule has 2 aliphatic rings. The maximum absolute atomic E-state index is 3.47. The first-order chi connectivity index (χ1) is 7.95. The molecule has 1 atom stereocenters. The topological polar surface area (TPSA) is 27.3 Å². The average molecular weight is 223 g/mol. The Labute approximate surface area is 99.3 Å². The van der Waals surface area contributed by atoms with E-state index in [1.54, 1.807) is 0 Å². The van der Waals surface area contributed by atoms with Gasteiger partial charge in [-0.1, -0.05) is 12.2 Å². The van der Waals surface area contributed by atoms with Crippen LogP contribution < -0.4 is 10.6 Å². The lowest BCUT2D eigenvalue weighted by Crippen LogP contribution is -2.43. The summed E-state index contributed by atoms with van der Waals surface area (Å²) in [6.45, 7) is 8.30. The molecule has 0 bridgehead atoms. The summed E-state index contributed by atoms with van der Waals surface area (Å²) in [5.74, 6) is 0.882. The van der Waals surface area contributed by atoms with Crippen molar-refractivity contribution < 1.29 is 0 Å². The third kappa shape index (κ3) is 4.24. The molecule has 2 rings (SSSR count). The van der Waals surface area contributed by atoms with Crippen LogP contribution in [-0.2, 0) is 0 Å². The number of rotatable bonds is 4. The third-order valence-electron chi connectivity index (χ3n) is 3.61. The Hall–Kier alpha value is -0.380. The molecule has 92 valence electrons. The highest BCUT2D eigenvalue weighted by atomic mass is 15.2. The summed E-state index contributed by atoms with van der Waals surface area (Å²) < 4.78 is 0. The second-order valence-corrected chi connectivity index (χ2v) is 4.97. The van der Waals surface area contributed by atoms with Crippen LogP contribution in [0.1, 0.15) is 19.3 Å². The minimum atomic E-state index is 0.882. The van der Waals surface area contributed by atoms with Crippen molar-refractivity contribution in [2.24, 2.45) is 5.92 Å². The van der Waals surface area contributed by atoms with Crippen molar-refractivity contribution in [3.8, 4) is 0 Å². The molecule has 0 amide bonds. The fourth-order valence-corrected chi connectivity index (χ4v) is 2.53. The number of nitrogens with zero attached hydrogens (tertiary/aromatic N) is 1. The molecule has 0 radical (unpaired) electrons. The van der Waals surface area contributed by atoms with Crippen LogP contribution in [0, 0.1) is 5.92 Å². The molecule has 2 aliphatic heterocycles. The number of hydrogen-bond donors (Lipinski definition) is 2. The summed E-state index contributed by atoms with van der Waals surface area (Å²) in [7, 11) is 0. The van der Waals surface area contributed by atoms with E-state index in [9.17, 15) is 0 Å². The molecule has 3 heteroatoms. The summed E-state index contributed by atoms with van der Waals surface area (Å²) in [4.78, 5) is 2.52. The van der Waals surface area contributed by atoms with Gasteiger partial charge in [-0.3, -0.25) is 4.90 Å². The minimum Gasteiger partial charge on any atom is -0.316 e. The van der Waals surface area contributed by atoms with Crippen LogP contribution in [0.15, 0.2) is 12.2 Å². The van der Waals surface area contributed by atoms with E-state index in [0.717, 1.165) is 25.6 Å². The highest BCUT2D eigenvalue weighted by Gasteiger charge is 2.11. The van der Waals surface area contributed by atoms with Gasteiger partial charge in [0.1, 0.15) is 0 Å². The zero-order valence-corrected chi connectivity index (χ0v) is 10.3. The predicted molar refractivity (Wildman–Crippen MR) is 68.7 cm³/mol. The van der Waals surface area contributed by atoms with E-state index in [1.165, 1.54) is 45.4 Å². The maximum atomic E-state index is 3.47. The predicted octanol–water partition coefficient (Wildman–Crippen LogP) is 0.838. The van der Waals surface area contributed by atoms with Crippen LogP contribution >= 0.6 is 0 Å². The van der Waals surface area contributed by atoms with E-state index in [0.29, 0.717) is 0 Å². The Balaban J connectivity index is 1.57. The molecule has 2 heterocycles. The van der Waals surface area contributed by atoms with Gasteiger partial charge in [0.05, 0.1) is 0 Å². The Morgan fingerprint density at radius 3 is 2.69 bits per heavy atom. The average Bonchev–Trinajstić information content (AvgIpc) is 2.37. The zero-order chi connectivity index (χ0) is 11.1. The van der Waals surface area contributed by atoms with Gasteiger partial charge in [0, 0.05) is 32.7 Å². The van der Waals surface area contributed by atoms with E-state index < -0.39 is 0 Å².